The van der Waals surface area contributed by atoms with Crippen LogP contribution >= 0.6 is 11.8 Å². The molecule has 0 saturated carbocycles. The van der Waals surface area contributed by atoms with Gasteiger partial charge in [0, 0.05) is 7.05 Å². The van der Waals surface area contributed by atoms with Crippen molar-refractivity contribution in [2.45, 2.75) is 25.1 Å². The Bertz CT molecular complexity index is 1010. The summed E-state index contributed by atoms with van der Waals surface area (Å²) in [7, 11) is 3.48. The fraction of sp³-hybridized carbons (Fsp3) is 0.318. The Morgan fingerprint density at radius 2 is 1.84 bits per heavy atom. The van der Waals surface area contributed by atoms with Crippen molar-refractivity contribution in [2.75, 3.05) is 24.8 Å². The first kappa shape index (κ1) is 22.5. The van der Waals surface area contributed by atoms with Gasteiger partial charge in [0.15, 0.2) is 17.1 Å². The zero-order valence-electron chi connectivity index (χ0n) is 18.0. The Hall–Kier alpha value is -3.20. The van der Waals surface area contributed by atoms with Gasteiger partial charge in [-0.05, 0) is 50.2 Å². The van der Waals surface area contributed by atoms with E-state index in [1.54, 1.807) is 7.11 Å². The van der Waals surface area contributed by atoms with E-state index in [2.05, 4.69) is 15.5 Å². The second-order valence-corrected chi connectivity index (χ2v) is 7.54. The van der Waals surface area contributed by atoms with Gasteiger partial charge in [-0.15, -0.1) is 10.2 Å². The lowest BCUT2D eigenvalue weighted by Crippen LogP contribution is -2.15. The van der Waals surface area contributed by atoms with Crippen molar-refractivity contribution in [3.05, 3.63) is 54.4 Å². The summed E-state index contributed by atoms with van der Waals surface area (Å²) in [5.41, 5.74) is 0.648. The number of methoxy groups -OCH3 is 1. The number of amides is 1. The maximum atomic E-state index is 12.4. The molecule has 0 bridgehead atoms. The summed E-state index contributed by atoms with van der Waals surface area (Å²) >= 11 is 1.31. The van der Waals surface area contributed by atoms with Crippen molar-refractivity contribution in [1.29, 1.82) is 0 Å². The first-order valence-electron chi connectivity index (χ1n) is 9.86. The normalized spacial score (nSPS) is 11.6. The van der Waals surface area contributed by atoms with Crippen molar-refractivity contribution in [3.8, 4) is 17.2 Å². The van der Waals surface area contributed by atoms with Gasteiger partial charge < -0.3 is 24.1 Å². The van der Waals surface area contributed by atoms with Crippen LogP contribution in [0.4, 0.5) is 5.69 Å². The lowest BCUT2D eigenvalue weighted by molar-refractivity contribution is -0.113. The van der Waals surface area contributed by atoms with Gasteiger partial charge in [-0.2, -0.15) is 0 Å². The fourth-order valence-corrected chi connectivity index (χ4v) is 3.60. The summed E-state index contributed by atoms with van der Waals surface area (Å²) in [6.45, 7) is 4.33. The predicted molar refractivity (Wildman–Crippen MR) is 120 cm³/mol. The van der Waals surface area contributed by atoms with E-state index in [0.717, 1.165) is 5.75 Å². The quantitative estimate of drug-likeness (QED) is 0.473. The van der Waals surface area contributed by atoms with E-state index in [1.807, 2.05) is 74.0 Å². The van der Waals surface area contributed by atoms with Crippen LogP contribution in [-0.4, -0.2) is 40.1 Å². The van der Waals surface area contributed by atoms with E-state index < -0.39 is 0 Å². The topological polar surface area (TPSA) is 87.5 Å². The van der Waals surface area contributed by atoms with Crippen molar-refractivity contribution in [2.24, 2.45) is 7.05 Å². The molecule has 164 valence electrons. The Balaban J connectivity index is 1.58. The van der Waals surface area contributed by atoms with Crippen molar-refractivity contribution < 1.29 is 19.0 Å². The number of hydrogen-bond donors (Lipinski definition) is 1. The summed E-state index contributed by atoms with van der Waals surface area (Å²) in [5, 5.41) is 12.0. The molecule has 0 aliphatic rings. The standard InChI is InChI=1S/C22H26N4O4S/c1-5-29-19-9-7-6-8-18(19)23-20(27)14-31-22-25-24-21(26(22)3)15(2)30-17-12-10-16(28-4)11-13-17/h6-13,15H,5,14H2,1-4H3,(H,23,27). The molecule has 31 heavy (non-hydrogen) atoms. The molecule has 0 aliphatic carbocycles. The van der Waals surface area contributed by atoms with Crippen LogP contribution in [0.15, 0.2) is 53.7 Å². The van der Waals surface area contributed by atoms with Crippen LogP contribution in [0.1, 0.15) is 25.8 Å². The van der Waals surface area contributed by atoms with Crippen LogP contribution in [0, 0.1) is 0 Å². The molecule has 0 saturated heterocycles. The maximum absolute atomic E-state index is 12.4. The van der Waals surface area contributed by atoms with E-state index in [1.165, 1.54) is 11.8 Å². The number of carbonyl (C=O) groups excluding carboxylic acids is 1. The summed E-state index contributed by atoms with van der Waals surface area (Å²) < 4.78 is 18.5. The number of nitrogens with one attached hydrogen (secondary N) is 1. The van der Waals surface area contributed by atoms with Crippen LogP contribution in [0.5, 0.6) is 17.2 Å². The van der Waals surface area contributed by atoms with Gasteiger partial charge in [-0.3, -0.25) is 4.79 Å². The number of benzene rings is 2. The Morgan fingerprint density at radius 1 is 1.13 bits per heavy atom. The number of aromatic nitrogens is 3. The Kier molecular flexibility index (Phi) is 7.77. The number of nitrogens with zero attached hydrogens (tertiary/aromatic N) is 3. The molecule has 1 atom stereocenters. The summed E-state index contributed by atoms with van der Waals surface area (Å²) in [5.74, 6) is 2.83. The van der Waals surface area contributed by atoms with E-state index in [9.17, 15) is 4.79 Å². The highest BCUT2D eigenvalue weighted by atomic mass is 32.2. The number of anilines is 1. The van der Waals surface area contributed by atoms with Gasteiger partial charge in [-0.25, -0.2) is 0 Å². The lowest BCUT2D eigenvalue weighted by atomic mass is 10.3. The number of thioether (sulfide) groups is 1. The second-order valence-electron chi connectivity index (χ2n) is 6.60. The van der Waals surface area contributed by atoms with Crippen LogP contribution in [0.25, 0.3) is 0 Å². The van der Waals surface area contributed by atoms with Gasteiger partial charge in [0.25, 0.3) is 0 Å². The minimum Gasteiger partial charge on any atom is -0.497 e. The minimum atomic E-state index is -0.313. The van der Waals surface area contributed by atoms with Crippen LogP contribution in [0.2, 0.25) is 0 Å². The van der Waals surface area contributed by atoms with E-state index in [0.29, 0.717) is 34.8 Å². The highest BCUT2D eigenvalue weighted by molar-refractivity contribution is 7.99. The molecule has 0 spiro atoms. The second kappa shape index (κ2) is 10.7. The van der Waals surface area contributed by atoms with E-state index in [4.69, 9.17) is 14.2 Å². The lowest BCUT2D eigenvalue weighted by Gasteiger charge is -2.14. The number of carbonyl (C=O) groups is 1. The molecule has 3 aromatic rings. The third-order valence-electron chi connectivity index (χ3n) is 4.40. The Morgan fingerprint density at radius 3 is 2.55 bits per heavy atom. The third kappa shape index (κ3) is 5.91. The minimum absolute atomic E-state index is 0.149. The van der Waals surface area contributed by atoms with Crippen LogP contribution < -0.4 is 19.5 Å². The first-order valence-corrected chi connectivity index (χ1v) is 10.8. The van der Waals surface area contributed by atoms with Gasteiger partial charge in [0.1, 0.15) is 17.2 Å². The number of ether oxygens (including phenoxy) is 3. The zero-order valence-corrected chi connectivity index (χ0v) is 18.8. The molecule has 1 N–H and O–H groups in total. The first-order chi connectivity index (χ1) is 15.0. The average Bonchev–Trinajstić information content (AvgIpc) is 3.15. The zero-order chi connectivity index (χ0) is 22.2. The van der Waals surface area contributed by atoms with Gasteiger partial charge in [0.2, 0.25) is 5.91 Å². The highest BCUT2D eigenvalue weighted by Crippen LogP contribution is 2.26. The fourth-order valence-electron chi connectivity index (χ4n) is 2.88. The van der Waals surface area contributed by atoms with Gasteiger partial charge in [-0.1, -0.05) is 23.9 Å². The van der Waals surface area contributed by atoms with Crippen molar-refractivity contribution >= 4 is 23.4 Å². The van der Waals surface area contributed by atoms with Crippen molar-refractivity contribution in [1.82, 2.24) is 14.8 Å². The largest absolute Gasteiger partial charge is 0.497 e. The molecule has 0 aliphatic heterocycles. The summed E-state index contributed by atoms with van der Waals surface area (Å²) in [6, 6.07) is 14.7. The molecular weight excluding hydrogens is 416 g/mol. The summed E-state index contributed by atoms with van der Waals surface area (Å²) in [6.07, 6.45) is -0.313. The predicted octanol–water partition coefficient (Wildman–Crippen LogP) is 4.09. The molecule has 1 heterocycles. The van der Waals surface area contributed by atoms with Crippen LogP contribution in [0.3, 0.4) is 0 Å². The number of rotatable bonds is 10. The molecule has 3 rings (SSSR count). The molecular formula is C22H26N4O4S. The Labute approximate surface area is 185 Å². The third-order valence-corrected chi connectivity index (χ3v) is 5.42. The number of para-hydroxylation sites is 2. The van der Waals surface area contributed by atoms with E-state index >= 15 is 0 Å². The SMILES string of the molecule is CCOc1ccccc1NC(=O)CSc1nnc(C(C)Oc2ccc(OC)cc2)n1C. The molecule has 0 radical (unpaired) electrons. The average molecular weight is 443 g/mol. The molecule has 1 aromatic heterocycles. The van der Waals surface area contributed by atoms with E-state index in [-0.39, 0.29) is 17.8 Å². The number of hydrogen-bond acceptors (Lipinski definition) is 7. The highest BCUT2D eigenvalue weighted by Gasteiger charge is 2.18. The molecule has 0 fully saturated rings. The smallest absolute Gasteiger partial charge is 0.234 e. The summed E-state index contributed by atoms with van der Waals surface area (Å²) in [4.78, 5) is 12.4. The molecule has 8 nitrogen and oxygen atoms in total. The molecule has 1 unspecified atom stereocenters. The molecule has 1 amide bonds. The van der Waals surface area contributed by atoms with Gasteiger partial charge in [0.05, 0.1) is 25.2 Å². The molecule has 2 aromatic carbocycles. The maximum Gasteiger partial charge on any atom is 0.234 e. The molecule has 9 heteroatoms. The van der Waals surface area contributed by atoms with Crippen molar-refractivity contribution in [3.63, 3.8) is 0 Å². The monoisotopic (exact) mass is 442 g/mol. The van der Waals surface area contributed by atoms with Crippen LogP contribution in [-0.2, 0) is 11.8 Å². The van der Waals surface area contributed by atoms with Gasteiger partial charge >= 0.3 is 0 Å².